The van der Waals surface area contributed by atoms with Gasteiger partial charge in [-0.15, -0.1) is 142 Å². The number of aromatic hydroxyl groups is 3. The molecule has 3 aromatic heterocycles. The predicted octanol–water partition coefficient (Wildman–Crippen LogP) is 37.4. The smallest absolute Gasteiger partial charge is 0.125 e. The maximum atomic E-state index is 10.6. The van der Waals surface area contributed by atoms with Crippen molar-refractivity contribution in [1.82, 2.24) is 15.0 Å². The number of aliphatic imine (C=N–C) groups is 3. The van der Waals surface area contributed by atoms with E-state index >= 15 is 0 Å². The van der Waals surface area contributed by atoms with Crippen LogP contribution in [0.3, 0.4) is 0 Å². The number of benzene rings is 18. The van der Waals surface area contributed by atoms with E-state index in [0.717, 1.165) is 163 Å². The Kier molecular flexibility index (Phi) is 33.9. The third-order valence-electron chi connectivity index (χ3n) is 26.8. The SMILES string of the molecule is CC(C)c1ccc(-c2ccc(-c3cc(-c4[c-]cccc4)c4nc(-c5ccccc5N=Cc5cc(C(C)(C)C)ccc5O)sc4c3)cc2)cc1.CC(C)c1cccc(-c2ccc(-c3cc(-c4[c-]cccc4)c4nc(-c5ccccc5N=Cc5cc(C(C)(C)C)ccc5O)sc4c3)cc2)c1.Cc1ccc(C)c(-c2ccc(-c3cc(-c4[c-]cccc4)c4nc(-c5ccccc5N=Cc5cc(C(C)(C)C)ccc5O)sc4c3)cc2)c1.[Pt].[Pt].[Pt]. The molecular weight excluding hydrogens is 2420 g/mol. The summed E-state index contributed by atoms with van der Waals surface area (Å²) in [7, 11) is 0. The number of fused-ring (bicyclic) bond motifs is 3. The molecule has 0 atom stereocenters. The van der Waals surface area contributed by atoms with Gasteiger partial charge in [0.1, 0.15) is 32.3 Å². The van der Waals surface area contributed by atoms with E-state index in [-0.39, 0.29) is 96.7 Å². The molecule has 0 saturated carbocycles. The van der Waals surface area contributed by atoms with Crippen LogP contribution in [0.5, 0.6) is 17.2 Å². The number of rotatable bonds is 20. The summed E-state index contributed by atoms with van der Waals surface area (Å²) in [5.41, 5.74) is 39.1. The number of hydrogen-bond donors (Lipinski definition) is 3. The second-order valence-electron chi connectivity index (χ2n) is 41.0. The standard InChI is InChI=1S/2C45H39N2OS.C44H37N2OS.3Pt/c1-29(2)33-14-11-15-34(24-33)30-18-20-31(21-19-30)35-26-39(32-12-7-6-8-13-32)43-42(27-35)49-44(47-43)38-16-9-10-17-40(38)46-28-36-25-37(45(3,4)5)22-23-41(36)48;1-29(2)30-15-17-31(18-16-30)32-19-21-33(22-20-32)35-26-39(34-11-7-6-8-12-34)43-42(27-35)49-44(47-43)38-13-9-10-14-40(38)46-28-36-25-37(45(3,4)5)23-24-41(36)48;1-28-15-16-29(2)37(23-28)32-19-17-30(18-20-32)33-25-38(31-11-7-6-8-12-31)42-41(26-33)48-43(46-42)36-13-9-10-14-39(36)45-27-34-24-35(44(3,4)5)21-22-40(34)47;;;/h6-12,14-29,48H,1-5H3;6-11,13-29,48H,1-5H3;6-11,13-27,47H,1-5H3;;;/q3*-1;;;. The first-order chi connectivity index (χ1) is 70.4. The van der Waals surface area contributed by atoms with Crippen LogP contribution in [0.1, 0.15) is 157 Å². The summed E-state index contributed by atoms with van der Waals surface area (Å²) in [4.78, 5) is 30.3. The molecule has 149 heavy (non-hydrogen) atoms. The molecule has 0 spiro atoms. The zero-order valence-corrected chi connectivity index (χ0v) is 95.1. The van der Waals surface area contributed by atoms with E-state index in [2.05, 4.69) is 334 Å². The van der Waals surface area contributed by atoms with Gasteiger partial charge in [0.15, 0.2) is 0 Å². The summed E-state index contributed by atoms with van der Waals surface area (Å²) in [5, 5.41) is 34.5. The van der Waals surface area contributed by atoms with Gasteiger partial charge in [0.05, 0.1) is 17.1 Å². The average Bonchev–Trinajstić information content (AvgIpc) is 1.62. The fraction of sp³-hybridized carbons (Fsp3) is 0.149. The minimum absolute atomic E-state index is 0. The second kappa shape index (κ2) is 46.9. The van der Waals surface area contributed by atoms with Crippen LogP contribution in [0.15, 0.2) is 391 Å². The molecule has 0 fully saturated rings. The molecule has 3 heterocycles. The Bertz CT molecular complexity index is 8440. The van der Waals surface area contributed by atoms with Gasteiger partial charge in [-0.3, -0.25) is 15.0 Å². The largest absolute Gasteiger partial charge is 0.507 e. The molecule has 3 N–H and O–H groups in total. The first-order valence-electron chi connectivity index (χ1n) is 49.7. The van der Waals surface area contributed by atoms with Crippen LogP contribution in [-0.2, 0) is 79.4 Å². The van der Waals surface area contributed by atoms with Gasteiger partial charge in [-0.25, -0.2) is 15.0 Å². The van der Waals surface area contributed by atoms with Crippen LogP contribution in [0.2, 0.25) is 0 Å². The van der Waals surface area contributed by atoms with Crippen molar-refractivity contribution in [2.24, 2.45) is 15.0 Å². The molecule has 0 amide bonds. The third kappa shape index (κ3) is 25.0. The van der Waals surface area contributed by atoms with Gasteiger partial charge in [0.2, 0.25) is 0 Å². The summed E-state index contributed by atoms with van der Waals surface area (Å²) in [6, 6.07) is 140. The van der Waals surface area contributed by atoms with E-state index in [0.29, 0.717) is 28.5 Å². The minimum atomic E-state index is -0.0383. The molecule has 0 aliphatic heterocycles. The molecule has 0 radical (unpaired) electrons. The fourth-order valence-corrected chi connectivity index (χ4v) is 21.3. The van der Waals surface area contributed by atoms with E-state index in [1.807, 2.05) is 146 Å². The van der Waals surface area contributed by atoms with Crippen molar-refractivity contribution >= 4 is 100 Å². The van der Waals surface area contributed by atoms with Gasteiger partial charge in [-0.05, 0) is 233 Å². The van der Waals surface area contributed by atoms with Crippen molar-refractivity contribution in [3.05, 3.63) is 450 Å². The van der Waals surface area contributed by atoms with Gasteiger partial charge in [0.25, 0.3) is 0 Å². The number of thiazole rings is 3. The summed E-state index contributed by atoms with van der Waals surface area (Å²) in [5.74, 6) is 1.63. The molecule has 0 aliphatic rings. The molecule has 0 aliphatic carbocycles. The van der Waals surface area contributed by atoms with Gasteiger partial charge in [-0.2, -0.15) is 0 Å². The zero-order chi connectivity index (χ0) is 102. The summed E-state index contributed by atoms with van der Waals surface area (Å²) in [6.45, 7) is 32.7. The van der Waals surface area contributed by atoms with E-state index < -0.39 is 0 Å². The number of nitrogens with zero attached hydrogens (tertiary/aromatic N) is 6. The Morgan fingerprint density at radius 2 is 0.577 bits per heavy atom. The van der Waals surface area contributed by atoms with Crippen molar-refractivity contribution in [1.29, 1.82) is 0 Å². The topological polar surface area (TPSA) is 136 Å². The maximum Gasteiger partial charge on any atom is 0.125 e. The fourth-order valence-electron chi connectivity index (χ4n) is 18.1. The van der Waals surface area contributed by atoms with E-state index in [9.17, 15) is 15.3 Å². The van der Waals surface area contributed by atoms with Crippen LogP contribution in [0.25, 0.3) is 163 Å². The number of phenols is 3. The Labute approximate surface area is 931 Å². The van der Waals surface area contributed by atoms with E-state index in [1.54, 1.807) is 70.9 Å². The van der Waals surface area contributed by atoms with Gasteiger partial charge in [-0.1, -0.05) is 325 Å². The number of aromatic nitrogens is 3. The van der Waals surface area contributed by atoms with Crippen molar-refractivity contribution < 1.29 is 78.5 Å². The molecule has 21 aromatic rings. The molecule has 750 valence electrons. The molecule has 15 heteroatoms. The number of para-hydroxylation sites is 3. The maximum absolute atomic E-state index is 10.6. The molecule has 18 aromatic carbocycles. The minimum Gasteiger partial charge on any atom is -0.507 e. The van der Waals surface area contributed by atoms with Crippen molar-refractivity contribution in [3.63, 3.8) is 0 Å². The Hall–Kier alpha value is -13.9. The molecular formula is C134H115N6O3Pt3S3-3. The van der Waals surface area contributed by atoms with Crippen LogP contribution in [0, 0.1) is 32.0 Å². The Morgan fingerprint density at radius 1 is 0.268 bits per heavy atom. The van der Waals surface area contributed by atoms with E-state index in [1.165, 1.54) is 55.6 Å². The summed E-state index contributed by atoms with van der Waals surface area (Å²) in [6.07, 6.45) is 5.25. The summed E-state index contributed by atoms with van der Waals surface area (Å²) < 4.78 is 3.30. The first kappa shape index (κ1) is 108. The quantitative estimate of drug-likeness (QED) is 0.0514. The Balaban J connectivity index is 0.000000158. The van der Waals surface area contributed by atoms with Crippen molar-refractivity contribution in [3.8, 4) is 149 Å². The average molecular weight is 2540 g/mol. The van der Waals surface area contributed by atoms with Gasteiger partial charge >= 0.3 is 0 Å². The van der Waals surface area contributed by atoms with Crippen molar-refractivity contribution in [2.45, 2.75) is 132 Å². The number of hydrogen-bond acceptors (Lipinski definition) is 12. The molecule has 21 rings (SSSR count). The van der Waals surface area contributed by atoms with E-state index in [4.69, 9.17) is 29.9 Å². The monoisotopic (exact) mass is 2540 g/mol. The van der Waals surface area contributed by atoms with Gasteiger partial charge in [0, 0.05) is 146 Å². The van der Waals surface area contributed by atoms with Crippen molar-refractivity contribution in [2.75, 3.05) is 0 Å². The molecule has 9 nitrogen and oxygen atoms in total. The van der Waals surface area contributed by atoms with Crippen LogP contribution >= 0.6 is 34.0 Å². The Morgan fingerprint density at radius 3 is 0.899 bits per heavy atom. The zero-order valence-electron chi connectivity index (χ0n) is 85.9. The number of aryl methyl sites for hydroxylation is 2. The first-order valence-corrected chi connectivity index (χ1v) is 52.1. The predicted molar refractivity (Wildman–Crippen MR) is 620 cm³/mol. The number of phenolic OH excluding ortho intramolecular Hbond substituents is 3. The van der Waals surface area contributed by atoms with Crippen LogP contribution in [-0.4, -0.2) is 48.9 Å². The molecule has 0 unspecified atom stereocenters. The van der Waals surface area contributed by atoms with Crippen LogP contribution < -0.4 is 0 Å². The van der Waals surface area contributed by atoms with Gasteiger partial charge < -0.3 is 15.3 Å². The molecule has 0 bridgehead atoms. The third-order valence-corrected chi connectivity index (χ3v) is 29.9. The summed E-state index contributed by atoms with van der Waals surface area (Å²) >= 11 is 5.01. The second-order valence-corrected chi connectivity index (χ2v) is 44.1. The normalized spacial score (nSPS) is 11.7. The van der Waals surface area contributed by atoms with Crippen LogP contribution in [0.4, 0.5) is 17.1 Å². The molecule has 0 saturated heterocycles.